The van der Waals surface area contributed by atoms with E-state index in [1.54, 1.807) is 0 Å². The summed E-state index contributed by atoms with van der Waals surface area (Å²) in [4.78, 5) is 36.7. The minimum atomic E-state index is -1.24. The Bertz CT molecular complexity index is 353. The molecule has 19 heavy (non-hydrogen) atoms. The van der Waals surface area contributed by atoms with Crippen LogP contribution in [0.4, 0.5) is 4.79 Å². The highest BCUT2D eigenvalue weighted by Gasteiger charge is 2.13. The molecule has 0 spiro atoms. The summed E-state index contributed by atoms with van der Waals surface area (Å²) in [5.74, 6) is -1.97. The molecule has 0 saturated heterocycles. The first-order valence-corrected chi connectivity index (χ1v) is 6.02. The topological polar surface area (TPSA) is 90.0 Å². The molecule has 0 aromatic heterocycles. The molecule has 0 bridgehead atoms. The van der Waals surface area contributed by atoms with Crippen LogP contribution in [0.5, 0.6) is 0 Å². The lowest BCUT2D eigenvalue weighted by atomic mass is 10.3. The van der Waals surface area contributed by atoms with E-state index in [4.69, 9.17) is 5.11 Å². The van der Waals surface area contributed by atoms with Crippen LogP contribution < -0.4 is 5.32 Å². The summed E-state index contributed by atoms with van der Waals surface area (Å²) in [5, 5.41) is 10.5. The molecular formula is C12H21N3O4. The molecule has 108 valence electrons. The van der Waals surface area contributed by atoms with E-state index in [9.17, 15) is 14.4 Å². The maximum Gasteiger partial charge on any atom is 0.328 e. The first-order valence-electron chi connectivity index (χ1n) is 6.02. The Hall–Kier alpha value is -1.89. The number of aliphatic carboxylic acids is 1. The van der Waals surface area contributed by atoms with E-state index in [2.05, 4.69) is 5.32 Å². The van der Waals surface area contributed by atoms with Crippen LogP contribution in [0.15, 0.2) is 12.2 Å². The van der Waals surface area contributed by atoms with Gasteiger partial charge in [-0.2, -0.15) is 0 Å². The molecule has 0 rings (SSSR count). The predicted molar refractivity (Wildman–Crippen MR) is 70.7 cm³/mol. The Balaban J connectivity index is 4.20. The van der Waals surface area contributed by atoms with Gasteiger partial charge in [0.1, 0.15) is 0 Å². The van der Waals surface area contributed by atoms with Crippen molar-refractivity contribution in [1.82, 2.24) is 15.1 Å². The quantitative estimate of drug-likeness (QED) is 0.643. The van der Waals surface area contributed by atoms with Gasteiger partial charge in [-0.1, -0.05) is 0 Å². The van der Waals surface area contributed by atoms with E-state index >= 15 is 0 Å². The predicted octanol–water partition coefficient (Wildman–Crippen LogP) is 0.137. The van der Waals surface area contributed by atoms with Crippen LogP contribution in [-0.2, 0) is 9.59 Å². The van der Waals surface area contributed by atoms with Gasteiger partial charge in [-0.05, 0) is 34.0 Å². The highest BCUT2D eigenvalue weighted by Crippen LogP contribution is 1.94. The van der Waals surface area contributed by atoms with Crippen LogP contribution in [-0.4, -0.2) is 66.5 Å². The Morgan fingerprint density at radius 2 is 1.79 bits per heavy atom. The number of carbonyl (C=O) groups is 3. The molecule has 0 atom stereocenters. The van der Waals surface area contributed by atoms with Crippen LogP contribution in [0.3, 0.4) is 0 Å². The molecule has 3 amide bonds. The second kappa shape index (κ2) is 9.09. The summed E-state index contributed by atoms with van der Waals surface area (Å²) in [6, 6.07) is -0.513. The van der Waals surface area contributed by atoms with Crippen molar-refractivity contribution in [3.05, 3.63) is 12.2 Å². The van der Waals surface area contributed by atoms with Gasteiger partial charge >= 0.3 is 12.0 Å². The van der Waals surface area contributed by atoms with Gasteiger partial charge in [0, 0.05) is 25.2 Å². The van der Waals surface area contributed by atoms with E-state index in [1.807, 2.05) is 25.9 Å². The number of nitrogens with zero attached hydrogens (tertiary/aromatic N) is 2. The molecule has 0 aliphatic carbocycles. The van der Waals surface area contributed by atoms with Crippen molar-refractivity contribution in [2.45, 2.75) is 13.3 Å². The zero-order valence-corrected chi connectivity index (χ0v) is 11.5. The van der Waals surface area contributed by atoms with Gasteiger partial charge in [0.25, 0.3) is 5.91 Å². The van der Waals surface area contributed by atoms with Gasteiger partial charge in [-0.15, -0.1) is 0 Å². The van der Waals surface area contributed by atoms with Crippen LogP contribution >= 0.6 is 0 Å². The second-order valence-electron chi connectivity index (χ2n) is 4.20. The summed E-state index contributed by atoms with van der Waals surface area (Å²) in [7, 11) is 3.88. The molecule has 0 heterocycles. The molecule has 0 fully saturated rings. The minimum absolute atomic E-state index is 0.481. The molecule has 0 aromatic carbocycles. The van der Waals surface area contributed by atoms with Gasteiger partial charge in [-0.25, -0.2) is 9.59 Å². The third kappa shape index (κ3) is 8.78. The highest BCUT2D eigenvalue weighted by atomic mass is 16.4. The summed E-state index contributed by atoms with van der Waals surface area (Å²) < 4.78 is 0. The van der Waals surface area contributed by atoms with Crippen molar-refractivity contribution >= 4 is 17.9 Å². The number of carboxylic acids is 1. The molecule has 7 heteroatoms. The normalized spacial score (nSPS) is 10.7. The number of rotatable bonds is 7. The summed E-state index contributed by atoms with van der Waals surface area (Å²) in [5.41, 5.74) is 0. The van der Waals surface area contributed by atoms with Crippen molar-refractivity contribution in [2.75, 3.05) is 33.7 Å². The number of hydrogen-bond donors (Lipinski definition) is 2. The lowest BCUT2D eigenvalue weighted by Gasteiger charge is -2.21. The standard InChI is InChI=1S/C12H21N3O4/c1-4-15(9-5-8-14(2)3)12(19)13-10(16)6-7-11(17)18/h6-7H,4-5,8-9H2,1-3H3,(H,17,18)(H,13,16,19)/b7-6+. The molecule has 0 unspecified atom stereocenters. The third-order valence-corrected chi connectivity index (χ3v) is 2.31. The molecule has 2 N–H and O–H groups in total. The average Bonchev–Trinajstić information content (AvgIpc) is 2.31. The van der Waals surface area contributed by atoms with Crippen LogP contribution in [0, 0.1) is 0 Å². The van der Waals surface area contributed by atoms with Crippen molar-refractivity contribution in [2.24, 2.45) is 0 Å². The minimum Gasteiger partial charge on any atom is -0.478 e. The molecule has 0 aliphatic rings. The van der Waals surface area contributed by atoms with Gasteiger partial charge in [-0.3, -0.25) is 10.1 Å². The van der Waals surface area contributed by atoms with Crippen molar-refractivity contribution in [3.8, 4) is 0 Å². The van der Waals surface area contributed by atoms with E-state index in [1.165, 1.54) is 4.90 Å². The monoisotopic (exact) mass is 271 g/mol. The smallest absolute Gasteiger partial charge is 0.328 e. The van der Waals surface area contributed by atoms with E-state index < -0.39 is 17.9 Å². The average molecular weight is 271 g/mol. The summed E-state index contributed by atoms with van der Waals surface area (Å²) in [6.07, 6.45) is 2.30. The molecule has 0 aromatic rings. The number of urea groups is 1. The number of imide groups is 1. The summed E-state index contributed by atoms with van der Waals surface area (Å²) >= 11 is 0. The fourth-order valence-corrected chi connectivity index (χ4v) is 1.35. The molecule has 0 aliphatic heterocycles. The van der Waals surface area contributed by atoms with E-state index in [0.717, 1.165) is 19.0 Å². The van der Waals surface area contributed by atoms with Crippen molar-refractivity contribution < 1.29 is 19.5 Å². The maximum absolute atomic E-state index is 11.7. The number of nitrogens with one attached hydrogen (secondary N) is 1. The highest BCUT2D eigenvalue weighted by molar-refractivity contribution is 6.02. The third-order valence-electron chi connectivity index (χ3n) is 2.31. The second-order valence-corrected chi connectivity index (χ2v) is 4.20. The summed E-state index contributed by atoms with van der Waals surface area (Å²) in [6.45, 7) is 3.68. The maximum atomic E-state index is 11.7. The Kier molecular flexibility index (Phi) is 8.19. The zero-order valence-electron chi connectivity index (χ0n) is 11.5. The molecule has 0 radical (unpaired) electrons. The first kappa shape index (κ1) is 17.1. The molecular weight excluding hydrogens is 250 g/mol. The lowest BCUT2D eigenvalue weighted by molar-refractivity contribution is -0.131. The number of carboxylic acid groups (broad SMARTS) is 1. The van der Waals surface area contributed by atoms with Gasteiger partial charge in [0.2, 0.25) is 0 Å². The Morgan fingerprint density at radius 3 is 2.26 bits per heavy atom. The Labute approximate surface area is 112 Å². The number of amides is 3. The molecule has 0 saturated carbocycles. The van der Waals surface area contributed by atoms with E-state index in [-0.39, 0.29) is 0 Å². The van der Waals surface area contributed by atoms with Gasteiger partial charge in [0.15, 0.2) is 0 Å². The lowest BCUT2D eigenvalue weighted by Crippen LogP contribution is -2.43. The Morgan fingerprint density at radius 1 is 1.16 bits per heavy atom. The largest absolute Gasteiger partial charge is 0.478 e. The number of carbonyl (C=O) groups excluding carboxylic acids is 2. The van der Waals surface area contributed by atoms with Gasteiger partial charge < -0.3 is 14.9 Å². The SMILES string of the molecule is CCN(CCCN(C)C)C(=O)NC(=O)/C=C/C(=O)O. The van der Waals surface area contributed by atoms with Crippen LogP contribution in [0.25, 0.3) is 0 Å². The zero-order chi connectivity index (χ0) is 14.8. The first-order chi connectivity index (χ1) is 8.86. The van der Waals surface area contributed by atoms with Crippen LogP contribution in [0.1, 0.15) is 13.3 Å². The fourth-order valence-electron chi connectivity index (χ4n) is 1.35. The van der Waals surface area contributed by atoms with Crippen LogP contribution in [0.2, 0.25) is 0 Å². The number of hydrogen-bond acceptors (Lipinski definition) is 4. The molecule has 7 nitrogen and oxygen atoms in total. The van der Waals surface area contributed by atoms with Crippen molar-refractivity contribution in [3.63, 3.8) is 0 Å². The fraction of sp³-hybridized carbons (Fsp3) is 0.583. The van der Waals surface area contributed by atoms with E-state index in [0.29, 0.717) is 19.2 Å². The van der Waals surface area contributed by atoms with Gasteiger partial charge in [0.05, 0.1) is 0 Å². The van der Waals surface area contributed by atoms with Crippen molar-refractivity contribution in [1.29, 1.82) is 0 Å².